The third-order valence-corrected chi connectivity index (χ3v) is 5.31. The van der Waals surface area contributed by atoms with Crippen molar-refractivity contribution in [1.82, 2.24) is 0 Å². The Labute approximate surface area is 116 Å². The topological polar surface area (TPSA) is 0 Å². The maximum Gasteiger partial charge on any atom is -0.0269 e. The molecule has 1 atom stereocenters. The maximum atomic E-state index is 2.36. The van der Waals surface area contributed by atoms with Crippen LogP contribution < -0.4 is 0 Å². The lowest BCUT2D eigenvalue weighted by atomic mass is 9.60. The van der Waals surface area contributed by atoms with Crippen molar-refractivity contribution in [3.8, 4) is 0 Å². The molecule has 0 radical (unpaired) electrons. The third-order valence-electron chi connectivity index (χ3n) is 5.31. The van der Waals surface area contributed by atoms with Crippen molar-refractivity contribution in [1.29, 1.82) is 0 Å². The van der Waals surface area contributed by atoms with Gasteiger partial charge in [0.15, 0.2) is 0 Å². The summed E-state index contributed by atoms with van der Waals surface area (Å²) in [6.07, 6.45) is 19.2. The van der Waals surface area contributed by atoms with Gasteiger partial charge in [0.25, 0.3) is 0 Å². The summed E-state index contributed by atoms with van der Waals surface area (Å²) in [6.45, 7) is 7.07. The first-order valence-electron chi connectivity index (χ1n) is 8.79. The molecule has 0 heterocycles. The maximum absolute atomic E-state index is 2.36. The summed E-state index contributed by atoms with van der Waals surface area (Å²) >= 11 is 0. The summed E-state index contributed by atoms with van der Waals surface area (Å²) in [5.41, 5.74) is 0.749. The van der Waals surface area contributed by atoms with Crippen molar-refractivity contribution in [3.63, 3.8) is 0 Å². The van der Waals surface area contributed by atoms with Crippen molar-refractivity contribution < 1.29 is 0 Å². The predicted octanol–water partition coefficient (Wildman–Crippen LogP) is 6.73. The fourth-order valence-corrected chi connectivity index (χ4v) is 4.12. The lowest BCUT2D eigenvalue weighted by Gasteiger charge is -2.45. The van der Waals surface area contributed by atoms with E-state index in [1.165, 1.54) is 77.0 Å². The van der Waals surface area contributed by atoms with Crippen LogP contribution in [0.3, 0.4) is 0 Å². The fourth-order valence-electron chi connectivity index (χ4n) is 4.12. The summed E-state index contributed by atoms with van der Waals surface area (Å²) in [6, 6.07) is 0. The van der Waals surface area contributed by atoms with Crippen LogP contribution in [0.2, 0.25) is 0 Å². The van der Waals surface area contributed by atoms with E-state index in [4.69, 9.17) is 0 Å². The van der Waals surface area contributed by atoms with Gasteiger partial charge >= 0.3 is 0 Å². The molecular weight excluding hydrogens is 216 g/mol. The average Bonchev–Trinajstić information content (AvgIpc) is 2.42. The Balaban J connectivity index is 2.65. The molecule has 18 heavy (non-hydrogen) atoms. The van der Waals surface area contributed by atoms with Crippen LogP contribution >= 0.6 is 0 Å². The Kier molecular flexibility index (Phi) is 8.02. The van der Waals surface area contributed by atoms with Gasteiger partial charge in [0.05, 0.1) is 0 Å². The van der Waals surface area contributed by atoms with Crippen molar-refractivity contribution in [2.75, 3.05) is 0 Å². The summed E-state index contributed by atoms with van der Waals surface area (Å²) in [5, 5.41) is 0. The Morgan fingerprint density at radius 3 is 2.00 bits per heavy atom. The van der Waals surface area contributed by atoms with Gasteiger partial charge in [0, 0.05) is 0 Å². The molecule has 0 bridgehead atoms. The smallest absolute Gasteiger partial charge is 0.0269 e. The van der Waals surface area contributed by atoms with Crippen LogP contribution in [0.1, 0.15) is 104 Å². The van der Waals surface area contributed by atoms with Crippen LogP contribution in [0.15, 0.2) is 0 Å². The monoisotopic (exact) mass is 252 g/mol. The molecule has 0 aromatic rings. The lowest BCUT2D eigenvalue weighted by molar-refractivity contribution is 0.0581. The SMILES string of the molecule is CCCCC1CCCCC1(CCCC)CCCC. The van der Waals surface area contributed by atoms with Gasteiger partial charge in [-0.3, -0.25) is 0 Å². The minimum absolute atomic E-state index is 0.749. The molecular formula is C18H36. The van der Waals surface area contributed by atoms with Crippen LogP contribution in [0.4, 0.5) is 0 Å². The van der Waals surface area contributed by atoms with Gasteiger partial charge in [-0.2, -0.15) is 0 Å². The minimum Gasteiger partial charge on any atom is -0.0654 e. The highest BCUT2D eigenvalue weighted by Gasteiger charge is 2.38. The van der Waals surface area contributed by atoms with E-state index in [0.717, 1.165) is 11.3 Å². The number of unbranched alkanes of at least 4 members (excludes halogenated alkanes) is 3. The highest BCUT2D eigenvalue weighted by molar-refractivity contribution is 4.89. The summed E-state index contributed by atoms with van der Waals surface area (Å²) in [5.74, 6) is 1.06. The van der Waals surface area contributed by atoms with E-state index in [9.17, 15) is 0 Å². The van der Waals surface area contributed by atoms with E-state index < -0.39 is 0 Å². The van der Waals surface area contributed by atoms with Crippen LogP contribution in [0.25, 0.3) is 0 Å². The molecule has 1 saturated carbocycles. The summed E-state index contributed by atoms with van der Waals surface area (Å²) in [4.78, 5) is 0. The van der Waals surface area contributed by atoms with E-state index in [1.54, 1.807) is 6.42 Å². The first kappa shape index (κ1) is 16.1. The Morgan fingerprint density at radius 1 is 0.833 bits per heavy atom. The van der Waals surface area contributed by atoms with Gasteiger partial charge in [-0.05, 0) is 43.4 Å². The molecule has 0 nitrogen and oxygen atoms in total. The van der Waals surface area contributed by atoms with E-state index in [2.05, 4.69) is 20.8 Å². The van der Waals surface area contributed by atoms with Gasteiger partial charge in [-0.15, -0.1) is 0 Å². The summed E-state index contributed by atoms with van der Waals surface area (Å²) in [7, 11) is 0. The predicted molar refractivity (Wildman–Crippen MR) is 83.0 cm³/mol. The molecule has 0 aromatic carbocycles. The lowest BCUT2D eigenvalue weighted by Crippen LogP contribution is -2.34. The van der Waals surface area contributed by atoms with Crippen molar-refractivity contribution in [3.05, 3.63) is 0 Å². The highest BCUT2D eigenvalue weighted by Crippen LogP contribution is 2.50. The molecule has 0 aromatic heterocycles. The van der Waals surface area contributed by atoms with Crippen molar-refractivity contribution in [2.24, 2.45) is 11.3 Å². The molecule has 108 valence electrons. The molecule has 1 fully saturated rings. The summed E-state index contributed by atoms with van der Waals surface area (Å²) < 4.78 is 0. The molecule has 0 amide bonds. The molecule has 1 aliphatic rings. The first-order chi connectivity index (χ1) is 8.79. The second-order valence-electron chi connectivity index (χ2n) is 6.65. The highest BCUT2D eigenvalue weighted by atomic mass is 14.4. The molecule has 1 rings (SSSR count). The molecule has 1 unspecified atom stereocenters. The number of hydrogen-bond acceptors (Lipinski definition) is 0. The van der Waals surface area contributed by atoms with Crippen LogP contribution in [0.5, 0.6) is 0 Å². The molecule has 1 aliphatic carbocycles. The van der Waals surface area contributed by atoms with Crippen molar-refractivity contribution >= 4 is 0 Å². The second-order valence-corrected chi connectivity index (χ2v) is 6.65. The van der Waals surface area contributed by atoms with E-state index in [1.807, 2.05) is 0 Å². The number of hydrogen-bond donors (Lipinski definition) is 0. The van der Waals surface area contributed by atoms with E-state index in [-0.39, 0.29) is 0 Å². The zero-order valence-electron chi connectivity index (χ0n) is 13.3. The standard InChI is InChI=1S/C18H36/c1-4-7-12-17-13-10-11-16-18(17,14-8-5-2)15-9-6-3/h17H,4-16H2,1-3H3. The third kappa shape index (κ3) is 4.59. The van der Waals surface area contributed by atoms with Crippen LogP contribution in [-0.2, 0) is 0 Å². The van der Waals surface area contributed by atoms with Crippen molar-refractivity contribution in [2.45, 2.75) is 104 Å². The first-order valence-corrected chi connectivity index (χ1v) is 8.79. The average molecular weight is 252 g/mol. The Bertz CT molecular complexity index is 186. The van der Waals surface area contributed by atoms with E-state index in [0.29, 0.717) is 0 Å². The van der Waals surface area contributed by atoms with Gasteiger partial charge < -0.3 is 0 Å². The van der Waals surface area contributed by atoms with Gasteiger partial charge in [-0.1, -0.05) is 72.1 Å². The zero-order chi connectivity index (χ0) is 13.3. The molecule has 0 spiro atoms. The van der Waals surface area contributed by atoms with Crippen LogP contribution in [-0.4, -0.2) is 0 Å². The molecule has 0 saturated heterocycles. The van der Waals surface area contributed by atoms with Gasteiger partial charge in [0.2, 0.25) is 0 Å². The Hall–Kier alpha value is 0. The quantitative estimate of drug-likeness (QED) is 0.426. The zero-order valence-corrected chi connectivity index (χ0v) is 13.3. The largest absolute Gasteiger partial charge is 0.0654 e. The molecule has 0 N–H and O–H groups in total. The minimum atomic E-state index is 0.749. The molecule has 0 aliphatic heterocycles. The van der Waals surface area contributed by atoms with Gasteiger partial charge in [0.1, 0.15) is 0 Å². The fraction of sp³-hybridized carbons (Fsp3) is 1.00. The normalized spacial score (nSPS) is 23.2. The Morgan fingerprint density at radius 2 is 1.44 bits per heavy atom. The van der Waals surface area contributed by atoms with Crippen LogP contribution in [0, 0.1) is 11.3 Å². The number of rotatable bonds is 9. The van der Waals surface area contributed by atoms with E-state index >= 15 is 0 Å². The molecule has 0 heteroatoms. The van der Waals surface area contributed by atoms with Gasteiger partial charge in [-0.25, -0.2) is 0 Å². The second kappa shape index (κ2) is 8.99.